The molecule has 0 unspecified atom stereocenters. The molecule has 144 valence electrons. The number of hydrogen-bond acceptors (Lipinski definition) is 4. The maximum atomic E-state index is 12.9. The number of anilines is 1. The van der Waals surface area contributed by atoms with Crippen LogP contribution in [0.3, 0.4) is 0 Å². The zero-order valence-corrected chi connectivity index (χ0v) is 15.5. The zero-order valence-electron chi connectivity index (χ0n) is 15.5. The van der Waals surface area contributed by atoms with Gasteiger partial charge in [0.25, 0.3) is 5.91 Å². The van der Waals surface area contributed by atoms with E-state index in [0.29, 0.717) is 24.2 Å². The van der Waals surface area contributed by atoms with Crippen molar-refractivity contribution in [2.75, 3.05) is 24.5 Å². The molecule has 2 saturated heterocycles. The molecule has 0 aromatic heterocycles. The molecule has 0 bridgehead atoms. The van der Waals surface area contributed by atoms with Crippen LogP contribution < -0.4 is 10.2 Å². The number of hydrogen-bond donors (Lipinski definition) is 2. The van der Waals surface area contributed by atoms with Gasteiger partial charge in [-0.2, -0.15) is 0 Å². The van der Waals surface area contributed by atoms with E-state index in [-0.39, 0.29) is 24.9 Å². The molecule has 7 heteroatoms. The molecule has 7 nitrogen and oxygen atoms in total. The number of likely N-dealkylation sites (tertiary alicyclic amines) is 1. The van der Waals surface area contributed by atoms with Crippen molar-refractivity contribution < 1.29 is 19.5 Å². The van der Waals surface area contributed by atoms with E-state index in [0.717, 1.165) is 11.1 Å². The highest BCUT2D eigenvalue weighted by atomic mass is 16.3. The summed E-state index contributed by atoms with van der Waals surface area (Å²) in [5.74, 6) is -0.518. The van der Waals surface area contributed by atoms with Crippen LogP contribution in [0.2, 0.25) is 0 Å². The van der Waals surface area contributed by atoms with E-state index in [2.05, 4.69) is 5.32 Å². The second-order valence-electron chi connectivity index (χ2n) is 7.31. The van der Waals surface area contributed by atoms with Crippen molar-refractivity contribution in [2.45, 2.75) is 18.9 Å². The van der Waals surface area contributed by atoms with E-state index in [4.69, 9.17) is 0 Å². The Morgan fingerprint density at radius 3 is 2.46 bits per heavy atom. The van der Waals surface area contributed by atoms with E-state index in [9.17, 15) is 19.5 Å². The van der Waals surface area contributed by atoms with Gasteiger partial charge in [-0.3, -0.25) is 19.8 Å². The molecule has 0 radical (unpaired) electrons. The molecule has 4 rings (SSSR count). The number of urea groups is 1. The highest BCUT2D eigenvalue weighted by Crippen LogP contribution is 2.34. The molecule has 0 spiro atoms. The number of carbonyl (C=O) groups is 3. The van der Waals surface area contributed by atoms with Crippen molar-refractivity contribution in [3.05, 3.63) is 65.2 Å². The number of aryl methyl sites for hydroxylation is 1. The number of β-amino-alcohol motifs (C(OH)–C–C–N with tert-alkyl or cyclic N) is 1. The van der Waals surface area contributed by atoms with Crippen LogP contribution in [0.1, 0.15) is 27.9 Å². The minimum absolute atomic E-state index is 0.0261. The third-order valence-corrected chi connectivity index (χ3v) is 5.40. The topological polar surface area (TPSA) is 89.9 Å². The van der Waals surface area contributed by atoms with Gasteiger partial charge in [0, 0.05) is 17.8 Å². The van der Waals surface area contributed by atoms with Gasteiger partial charge in [-0.25, -0.2) is 4.79 Å². The number of nitrogens with one attached hydrogen (secondary N) is 1. The van der Waals surface area contributed by atoms with E-state index >= 15 is 0 Å². The summed E-state index contributed by atoms with van der Waals surface area (Å²) in [6.45, 7) is 2.63. The monoisotopic (exact) mass is 379 g/mol. The molecule has 2 heterocycles. The van der Waals surface area contributed by atoms with E-state index < -0.39 is 11.6 Å². The van der Waals surface area contributed by atoms with Gasteiger partial charge < -0.3 is 10.0 Å². The molecule has 28 heavy (non-hydrogen) atoms. The van der Waals surface area contributed by atoms with Gasteiger partial charge in [0.15, 0.2) is 0 Å². The Hall–Kier alpha value is -3.19. The van der Waals surface area contributed by atoms with Crippen molar-refractivity contribution in [3.8, 4) is 0 Å². The first-order valence-electron chi connectivity index (χ1n) is 9.16. The lowest BCUT2D eigenvalue weighted by Gasteiger charge is -2.25. The van der Waals surface area contributed by atoms with Crippen LogP contribution in [-0.2, 0) is 10.4 Å². The molecule has 2 aliphatic heterocycles. The number of aliphatic hydroxyl groups is 1. The minimum Gasteiger partial charge on any atom is -0.383 e. The van der Waals surface area contributed by atoms with Crippen LogP contribution in [-0.4, -0.2) is 47.5 Å². The van der Waals surface area contributed by atoms with Gasteiger partial charge in [-0.1, -0.05) is 24.3 Å². The highest BCUT2D eigenvalue weighted by Gasteiger charge is 2.40. The van der Waals surface area contributed by atoms with Crippen molar-refractivity contribution in [1.29, 1.82) is 0 Å². The fourth-order valence-electron chi connectivity index (χ4n) is 3.90. The Labute approximate surface area is 162 Å². The van der Waals surface area contributed by atoms with Crippen LogP contribution in [0, 0.1) is 6.92 Å². The fraction of sp³-hybridized carbons (Fsp3) is 0.286. The largest absolute Gasteiger partial charge is 0.383 e. The number of nitrogens with zero attached hydrogens (tertiary/aromatic N) is 2. The van der Waals surface area contributed by atoms with Crippen molar-refractivity contribution >= 4 is 23.5 Å². The Morgan fingerprint density at radius 2 is 1.82 bits per heavy atom. The summed E-state index contributed by atoms with van der Waals surface area (Å²) in [5.41, 5.74) is 1.84. The number of benzene rings is 2. The predicted octanol–water partition coefficient (Wildman–Crippen LogP) is 1.78. The second-order valence-corrected chi connectivity index (χ2v) is 7.31. The Morgan fingerprint density at radius 1 is 1.11 bits per heavy atom. The molecule has 2 aliphatic rings. The van der Waals surface area contributed by atoms with Crippen molar-refractivity contribution in [2.24, 2.45) is 0 Å². The Bertz CT molecular complexity index is 956. The van der Waals surface area contributed by atoms with E-state index in [1.54, 1.807) is 29.2 Å². The zero-order chi connectivity index (χ0) is 19.9. The molecule has 0 aliphatic carbocycles. The Kier molecular flexibility index (Phi) is 4.39. The van der Waals surface area contributed by atoms with Gasteiger partial charge in [-0.15, -0.1) is 0 Å². The van der Waals surface area contributed by atoms with Gasteiger partial charge in [0.05, 0.1) is 6.54 Å². The van der Waals surface area contributed by atoms with Crippen LogP contribution in [0.4, 0.5) is 10.5 Å². The second kappa shape index (κ2) is 6.76. The molecule has 0 saturated carbocycles. The van der Waals surface area contributed by atoms with Crippen LogP contribution >= 0.6 is 0 Å². The van der Waals surface area contributed by atoms with Crippen LogP contribution in [0.25, 0.3) is 0 Å². The summed E-state index contributed by atoms with van der Waals surface area (Å²) in [4.78, 5) is 38.9. The van der Waals surface area contributed by atoms with Gasteiger partial charge in [-0.05, 0) is 48.7 Å². The smallest absolute Gasteiger partial charge is 0.329 e. The average molecular weight is 379 g/mol. The molecular weight excluding hydrogens is 358 g/mol. The number of carbonyl (C=O) groups excluding carboxylic acids is 3. The maximum absolute atomic E-state index is 12.9. The maximum Gasteiger partial charge on any atom is 0.329 e. The summed E-state index contributed by atoms with van der Waals surface area (Å²) in [7, 11) is 0. The first-order valence-corrected chi connectivity index (χ1v) is 9.16. The van der Waals surface area contributed by atoms with E-state index in [1.165, 1.54) is 4.90 Å². The molecule has 1 atom stereocenters. The SMILES string of the molecule is Cc1ccccc1[C@]1(O)CCN(C(=O)c2ccc(N3CC(=O)NC3=O)cc2)C1. The lowest BCUT2D eigenvalue weighted by molar-refractivity contribution is -0.117. The van der Waals surface area contributed by atoms with Gasteiger partial charge in [0.1, 0.15) is 12.1 Å². The quantitative estimate of drug-likeness (QED) is 0.796. The van der Waals surface area contributed by atoms with Crippen molar-refractivity contribution in [1.82, 2.24) is 10.2 Å². The first kappa shape index (κ1) is 18.2. The van der Waals surface area contributed by atoms with Crippen molar-refractivity contribution in [3.63, 3.8) is 0 Å². The standard InChI is InChI=1S/C21H21N3O4/c1-14-4-2-3-5-17(14)21(28)10-11-23(13-21)19(26)15-6-8-16(9-7-15)24-12-18(25)22-20(24)27/h2-9,28H,10-13H2,1H3,(H,22,25,27)/t21-/m0/s1. The predicted molar refractivity (Wildman–Crippen MR) is 103 cm³/mol. The first-order chi connectivity index (χ1) is 13.4. The summed E-state index contributed by atoms with van der Waals surface area (Å²) in [6.07, 6.45) is 0.484. The van der Waals surface area contributed by atoms with Crippen LogP contribution in [0.5, 0.6) is 0 Å². The fourth-order valence-corrected chi connectivity index (χ4v) is 3.90. The normalized spacial score (nSPS) is 21.9. The minimum atomic E-state index is -1.05. The lowest BCUT2D eigenvalue weighted by atomic mass is 9.89. The number of imide groups is 1. The number of rotatable bonds is 3. The lowest BCUT2D eigenvalue weighted by Crippen LogP contribution is -2.34. The van der Waals surface area contributed by atoms with E-state index in [1.807, 2.05) is 31.2 Å². The average Bonchev–Trinajstić information content (AvgIpc) is 3.24. The molecule has 4 amide bonds. The molecule has 2 fully saturated rings. The van der Waals surface area contributed by atoms with Crippen LogP contribution in [0.15, 0.2) is 48.5 Å². The number of amides is 4. The molecule has 2 N–H and O–H groups in total. The third kappa shape index (κ3) is 3.14. The van der Waals surface area contributed by atoms with Gasteiger partial charge in [0.2, 0.25) is 5.91 Å². The molecular formula is C21H21N3O4. The molecule has 2 aromatic carbocycles. The summed E-state index contributed by atoms with van der Waals surface area (Å²) in [6, 6.07) is 13.8. The summed E-state index contributed by atoms with van der Waals surface area (Å²) in [5, 5.41) is 13.3. The molecule has 2 aromatic rings. The Balaban J connectivity index is 1.49. The summed E-state index contributed by atoms with van der Waals surface area (Å²) < 4.78 is 0. The summed E-state index contributed by atoms with van der Waals surface area (Å²) >= 11 is 0. The van der Waals surface area contributed by atoms with Gasteiger partial charge >= 0.3 is 6.03 Å². The highest BCUT2D eigenvalue weighted by molar-refractivity contribution is 6.12. The third-order valence-electron chi connectivity index (χ3n) is 5.40.